The summed E-state index contributed by atoms with van der Waals surface area (Å²) in [5.41, 5.74) is 10.9. The monoisotopic (exact) mass is 533 g/mol. The van der Waals surface area contributed by atoms with Gasteiger partial charge in [-0.1, -0.05) is 26.0 Å². The molecule has 40 heavy (non-hydrogen) atoms. The molecule has 2 amide bonds. The number of nitrogens with one attached hydrogen (secondary N) is 4. The Hall–Kier alpha value is -5.45. The van der Waals surface area contributed by atoms with Crippen molar-refractivity contribution in [1.82, 2.24) is 24.9 Å². The molecule has 0 fully saturated rings. The van der Waals surface area contributed by atoms with Gasteiger partial charge in [0.1, 0.15) is 16.9 Å². The van der Waals surface area contributed by atoms with Crippen molar-refractivity contribution in [2.75, 3.05) is 16.4 Å². The van der Waals surface area contributed by atoms with E-state index < -0.39 is 5.91 Å². The van der Waals surface area contributed by atoms with Crippen LogP contribution in [-0.4, -0.2) is 42.4 Å². The molecule has 0 aliphatic heterocycles. The third-order valence-electron chi connectivity index (χ3n) is 6.05. The number of carbonyl (C=O) groups is 2. The molecule has 0 atom stereocenters. The fourth-order valence-corrected chi connectivity index (χ4v) is 4.16. The van der Waals surface area contributed by atoms with Crippen LogP contribution in [0.1, 0.15) is 42.1 Å². The lowest BCUT2D eigenvalue weighted by Gasteiger charge is -2.11. The molecule has 4 heterocycles. The van der Waals surface area contributed by atoms with Gasteiger partial charge in [-0.25, -0.2) is 4.98 Å². The number of hydrogen-bond donors (Lipinski definition) is 5. The number of amides is 2. The largest absolute Gasteiger partial charge is 0.398 e. The van der Waals surface area contributed by atoms with Crippen LogP contribution >= 0.6 is 0 Å². The number of nitrogens with two attached hydrogens (primary N) is 1. The summed E-state index contributed by atoms with van der Waals surface area (Å²) in [5.74, 6) is 0.0171. The minimum atomic E-state index is -0.400. The van der Waals surface area contributed by atoms with Gasteiger partial charge in [0.2, 0.25) is 5.91 Å². The Kier molecular flexibility index (Phi) is 7.27. The van der Waals surface area contributed by atoms with Crippen LogP contribution in [0.5, 0.6) is 0 Å². The number of benzene rings is 1. The van der Waals surface area contributed by atoms with Gasteiger partial charge in [-0.05, 0) is 41.8 Å². The number of imidazole rings is 1. The number of aromatic nitrogens is 5. The van der Waals surface area contributed by atoms with Crippen molar-refractivity contribution in [3.8, 4) is 11.1 Å². The summed E-state index contributed by atoms with van der Waals surface area (Å²) in [6, 6.07) is 12.2. The van der Waals surface area contributed by atoms with Crippen LogP contribution in [0, 0.1) is 11.3 Å². The zero-order chi connectivity index (χ0) is 28.2. The van der Waals surface area contributed by atoms with Crippen molar-refractivity contribution in [2.45, 2.75) is 20.3 Å². The number of H-pyrrole nitrogens is 1. The summed E-state index contributed by atoms with van der Waals surface area (Å²) < 4.78 is 0. The summed E-state index contributed by atoms with van der Waals surface area (Å²) in [6.45, 7) is 3.97. The van der Waals surface area contributed by atoms with E-state index in [1.807, 2.05) is 26.0 Å². The Morgan fingerprint density at radius 3 is 2.60 bits per heavy atom. The predicted molar refractivity (Wildman–Crippen MR) is 154 cm³/mol. The normalized spacial score (nSPS) is 11.0. The van der Waals surface area contributed by atoms with E-state index in [1.165, 1.54) is 12.4 Å². The molecule has 200 valence electrons. The van der Waals surface area contributed by atoms with Crippen LogP contribution in [0.4, 0.5) is 17.1 Å². The number of carbonyl (C=O) groups excluding carboxylic acids is 2. The highest BCUT2D eigenvalue weighted by atomic mass is 16.2. The molecule has 0 bridgehead atoms. The number of fused-ring (bicyclic) bond motifs is 1. The summed E-state index contributed by atoms with van der Waals surface area (Å²) >= 11 is 0. The molecule has 0 radical (unpaired) electrons. The highest BCUT2D eigenvalue weighted by Gasteiger charge is 2.18. The smallest absolute Gasteiger partial charge is 0.274 e. The van der Waals surface area contributed by atoms with E-state index in [2.05, 4.69) is 35.6 Å². The first-order chi connectivity index (χ1) is 19.3. The number of pyridine rings is 3. The zero-order valence-electron chi connectivity index (χ0n) is 21.9. The molecule has 11 heteroatoms. The van der Waals surface area contributed by atoms with Crippen molar-refractivity contribution in [2.24, 2.45) is 5.92 Å². The number of aromatic amines is 1. The minimum Gasteiger partial charge on any atom is -0.398 e. The predicted octanol–water partition coefficient (Wildman–Crippen LogP) is 4.65. The van der Waals surface area contributed by atoms with Crippen molar-refractivity contribution in [1.29, 1.82) is 5.41 Å². The molecule has 5 rings (SSSR count). The fraction of sp³-hybridized carbons (Fsp3) is 0.138. The van der Waals surface area contributed by atoms with Crippen LogP contribution in [0.15, 0.2) is 73.4 Å². The van der Waals surface area contributed by atoms with Crippen LogP contribution in [0.2, 0.25) is 0 Å². The second kappa shape index (κ2) is 11.1. The van der Waals surface area contributed by atoms with Gasteiger partial charge in [0, 0.05) is 35.6 Å². The molecule has 0 spiro atoms. The van der Waals surface area contributed by atoms with Crippen molar-refractivity contribution < 1.29 is 9.59 Å². The molecule has 0 saturated carbocycles. The van der Waals surface area contributed by atoms with E-state index in [1.54, 1.807) is 48.9 Å². The Morgan fingerprint density at radius 1 is 1.00 bits per heavy atom. The third kappa shape index (κ3) is 5.68. The molecule has 0 aliphatic carbocycles. The molecule has 4 aromatic heterocycles. The average molecular weight is 534 g/mol. The van der Waals surface area contributed by atoms with Crippen LogP contribution < -0.4 is 16.4 Å². The SMILES string of the molecule is CC(C)CC(=O)Nc1cncc(-c2ccc(N)c(C(=N)c3nc4c(NC(=O)c5ccccn5)cncc4[nH]3)c2)c1. The van der Waals surface area contributed by atoms with Gasteiger partial charge < -0.3 is 21.4 Å². The van der Waals surface area contributed by atoms with E-state index in [9.17, 15) is 9.59 Å². The Morgan fingerprint density at radius 2 is 1.82 bits per heavy atom. The van der Waals surface area contributed by atoms with E-state index in [4.69, 9.17) is 11.1 Å². The lowest BCUT2D eigenvalue weighted by molar-refractivity contribution is -0.116. The summed E-state index contributed by atoms with van der Waals surface area (Å²) in [5, 5.41) is 14.6. The standard InChI is InChI=1S/C29H27N9O2/c1-16(2)9-25(39)35-19-10-18(12-32-13-19)17-6-7-21(30)20(11-17)26(31)28-36-23-14-33-15-24(27(23)38-28)37-29(40)22-5-3-4-8-34-22/h3-8,10-16,31H,9,30H2,1-2H3,(H,35,39)(H,36,38)(H,37,40). The van der Waals surface area contributed by atoms with Crippen LogP contribution in [0.3, 0.4) is 0 Å². The van der Waals surface area contributed by atoms with E-state index in [0.717, 1.165) is 11.1 Å². The number of nitrogen functional groups attached to an aromatic ring is 1. The average Bonchev–Trinajstić information content (AvgIpc) is 3.39. The first kappa shape index (κ1) is 26.2. The molecule has 1 aromatic carbocycles. The van der Waals surface area contributed by atoms with Crippen LogP contribution in [0.25, 0.3) is 22.2 Å². The zero-order valence-corrected chi connectivity index (χ0v) is 21.9. The maximum atomic E-state index is 12.6. The number of anilines is 3. The maximum absolute atomic E-state index is 12.6. The molecule has 6 N–H and O–H groups in total. The van der Waals surface area contributed by atoms with Gasteiger partial charge >= 0.3 is 0 Å². The lowest BCUT2D eigenvalue weighted by Crippen LogP contribution is -2.14. The number of rotatable bonds is 8. The Balaban J connectivity index is 1.42. The van der Waals surface area contributed by atoms with Gasteiger partial charge in [0.05, 0.1) is 35.5 Å². The highest BCUT2D eigenvalue weighted by Crippen LogP contribution is 2.28. The van der Waals surface area contributed by atoms with E-state index >= 15 is 0 Å². The van der Waals surface area contributed by atoms with Gasteiger partial charge in [-0.15, -0.1) is 0 Å². The third-order valence-corrected chi connectivity index (χ3v) is 6.05. The van der Waals surface area contributed by atoms with Gasteiger partial charge in [0.15, 0.2) is 5.82 Å². The number of nitrogens with zero attached hydrogens (tertiary/aromatic N) is 4. The molecule has 0 unspecified atom stereocenters. The van der Waals surface area contributed by atoms with Crippen molar-refractivity contribution in [3.63, 3.8) is 0 Å². The van der Waals surface area contributed by atoms with Crippen molar-refractivity contribution in [3.05, 3.63) is 90.5 Å². The second-order valence-corrected chi connectivity index (χ2v) is 9.62. The van der Waals surface area contributed by atoms with Crippen LogP contribution in [-0.2, 0) is 4.79 Å². The summed E-state index contributed by atoms with van der Waals surface area (Å²) in [4.78, 5) is 45.1. The molecule has 0 aliphatic rings. The van der Waals surface area contributed by atoms with E-state index in [-0.39, 0.29) is 29.1 Å². The minimum absolute atomic E-state index is 0.0619. The van der Waals surface area contributed by atoms with Gasteiger partial charge in [-0.2, -0.15) is 0 Å². The molecule has 5 aromatic rings. The summed E-state index contributed by atoms with van der Waals surface area (Å²) in [6.07, 6.45) is 8.28. The fourth-order valence-electron chi connectivity index (χ4n) is 4.16. The Bertz CT molecular complexity index is 1730. The topological polar surface area (TPSA) is 175 Å². The molecule has 0 saturated heterocycles. The van der Waals surface area contributed by atoms with Gasteiger partial charge in [0.25, 0.3) is 5.91 Å². The maximum Gasteiger partial charge on any atom is 0.274 e. The first-order valence-corrected chi connectivity index (χ1v) is 12.6. The van der Waals surface area contributed by atoms with E-state index in [0.29, 0.717) is 40.1 Å². The summed E-state index contributed by atoms with van der Waals surface area (Å²) in [7, 11) is 0. The van der Waals surface area contributed by atoms with Crippen molar-refractivity contribution >= 4 is 45.6 Å². The second-order valence-electron chi connectivity index (χ2n) is 9.62. The quantitative estimate of drug-likeness (QED) is 0.142. The number of hydrogen-bond acceptors (Lipinski definition) is 8. The molecule has 11 nitrogen and oxygen atoms in total. The Labute approximate surface area is 229 Å². The molecular formula is C29H27N9O2. The van der Waals surface area contributed by atoms with Gasteiger partial charge in [-0.3, -0.25) is 30.0 Å². The lowest BCUT2D eigenvalue weighted by atomic mass is 10.00. The first-order valence-electron chi connectivity index (χ1n) is 12.6. The highest BCUT2D eigenvalue weighted by molar-refractivity contribution is 6.14. The molecular weight excluding hydrogens is 506 g/mol.